The first-order valence-corrected chi connectivity index (χ1v) is 3.06. The van der Waals surface area contributed by atoms with E-state index in [1.54, 1.807) is 6.20 Å². The Bertz CT molecular complexity index is 317. The fraction of sp³-hybridized carbons (Fsp3) is 0.125. The van der Waals surface area contributed by atoms with E-state index in [9.17, 15) is 0 Å². The van der Waals surface area contributed by atoms with Crippen LogP contribution in [0.3, 0.4) is 0 Å². The number of hydrogen-bond acceptors (Lipinski definition) is 2. The summed E-state index contributed by atoms with van der Waals surface area (Å²) in [5, 5.41) is 4.59. The number of aromatic nitrogens is 1. The van der Waals surface area contributed by atoms with Crippen LogP contribution in [0.25, 0.3) is 13.2 Å². The Morgan fingerprint density at radius 2 is 2.20 bits per heavy atom. The van der Waals surface area contributed by atoms with Gasteiger partial charge in [-0.25, -0.2) is 0 Å². The largest absolute Gasteiger partial charge is 0.388 e. The van der Waals surface area contributed by atoms with Crippen LogP contribution in [0.2, 0.25) is 0 Å². The Balaban J connectivity index is 3.43. The van der Waals surface area contributed by atoms with Crippen molar-refractivity contribution in [3.05, 3.63) is 22.8 Å². The van der Waals surface area contributed by atoms with Crippen LogP contribution in [0.15, 0.2) is 12.3 Å². The van der Waals surface area contributed by atoms with E-state index in [1.165, 1.54) is 0 Å². The SMILES string of the molecule is C=c1nccc(NC)c1=C. The predicted molar refractivity (Wildman–Crippen MR) is 44.1 cm³/mol. The molecule has 0 aliphatic heterocycles. The number of rotatable bonds is 1. The fourth-order valence-electron chi connectivity index (χ4n) is 0.770. The van der Waals surface area contributed by atoms with Gasteiger partial charge in [0.25, 0.3) is 0 Å². The van der Waals surface area contributed by atoms with Crippen LogP contribution in [0.1, 0.15) is 0 Å². The van der Waals surface area contributed by atoms with E-state index in [1.807, 2.05) is 13.1 Å². The van der Waals surface area contributed by atoms with Crippen molar-refractivity contribution in [3.63, 3.8) is 0 Å². The van der Waals surface area contributed by atoms with Crippen LogP contribution in [0.5, 0.6) is 0 Å². The van der Waals surface area contributed by atoms with Crippen molar-refractivity contribution in [1.29, 1.82) is 0 Å². The number of hydrogen-bond donors (Lipinski definition) is 1. The molecule has 10 heavy (non-hydrogen) atoms. The van der Waals surface area contributed by atoms with Gasteiger partial charge in [-0.1, -0.05) is 13.2 Å². The maximum Gasteiger partial charge on any atom is 0.0645 e. The zero-order valence-corrected chi connectivity index (χ0v) is 6.02. The predicted octanol–water partition coefficient (Wildman–Crippen LogP) is -0.0561. The molecule has 0 spiro atoms. The molecule has 1 aromatic rings. The van der Waals surface area contributed by atoms with Crippen LogP contribution in [-0.4, -0.2) is 12.0 Å². The van der Waals surface area contributed by atoms with Crippen molar-refractivity contribution in [3.8, 4) is 0 Å². The molecule has 0 atom stereocenters. The highest BCUT2D eigenvalue weighted by atomic mass is 14.8. The summed E-state index contributed by atoms with van der Waals surface area (Å²) in [5.41, 5.74) is 0.986. The van der Waals surface area contributed by atoms with E-state index in [0.29, 0.717) is 0 Å². The van der Waals surface area contributed by atoms with Gasteiger partial charge in [-0.05, 0) is 6.07 Å². The molecule has 0 saturated heterocycles. The lowest BCUT2D eigenvalue weighted by atomic mass is 10.3. The lowest BCUT2D eigenvalue weighted by Crippen LogP contribution is -2.27. The fourth-order valence-corrected chi connectivity index (χ4v) is 0.770. The molecule has 0 unspecified atom stereocenters. The van der Waals surface area contributed by atoms with E-state index >= 15 is 0 Å². The number of pyridine rings is 1. The van der Waals surface area contributed by atoms with Crippen LogP contribution < -0.4 is 15.9 Å². The van der Waals surface area contributed by atoms with Crippen LogP contribution >= 0.6 is 0 Å². The molecule has 1 aromatic heterocycles. The van der Waals surface area contributed by atoms with Gasteiger partial charge in [-0.2, -0.15) is 0 Å². The van der Waals surface area contributed by atoms with Gasteiger partial charge < -0.3 is 5.32 Å². The number of anilines is 1. The highest BCUT2D eigenvalue weighted by Crippen LogP contribution is 1.89. The van der Waals surface area contributed by atoms with Gasteiger partial charge in [-0.15, -0.1) is 0 Å². The van der Waals surface area contributed by atoms with Crippen LogP contribution in [0, 0.1) is 0 Å². The third-order valence-corrected chi connectivity index (χ3v) is 1.41. The van der Waals surface area contributed by atoms with Crippen molar-refractivity contribution in [2.45, 2.75) is 0 Å². The van der Waals surface area contributed by atoms with Crippen molar-refractivity contribution < 1.29 is 0 Å². The maximum atomic E-state index is 3.97. The van der Waals surface area contributed by atoms with Crippen molar-refractivity contribution in [2.75, 3.05) is 12.4 Å². The van der Waals surface area contributed by atoms with Gasteiger partial charge in [0.05, 0.1) is 5.35 Å². The molecule has 0 fully saturated rings. The van der Waals surface area contributed by atoms with Crippen LogP contribution in [-0.2, 0) is 0 Å². The van der Waals surface area contributed by atoms with Crippen molar-refractivity contribution >= 4 is 18.8 Å². The zero-order chi connectivity index (χ0) is 7.56. The van der Waals surface area contributed by atoms with E-state index in [0.717, 1.165) is 16.3 Å². The highest BCUT2D eigenvalue weighted by Gasteiger charge is 1.87. The average Bonchev–Trinajstić information content (AvgIpc) is 1.95. The number of nitrogens with zero attached hydrogens (tertiary/aromatic N) is 1. The summed E-state index contributed by atoms with van der Waals surface area (Å²) in [6.07, 6.45) is 1.71. The Morgan fingerprint density at radius 1 is 1.50 bits per heavy atom. The summed E-state index contributed by atoms with van der Waals surface area (Å²) < 4.78 is 0. The molecular weight excluding hydrogens is 124 g/mol. The van der Waals surface area contributed by atoms with Gasteiger partial charge in [-0.3, -0.25) is 4.98 Å². The molecule has 0 radical (unpaired) electrons. The Morgan fingerprint density at radius 3 is 2.70 bits per heavy atom. The Labute approximate surface area is 59.9 Å². The minimum absolute atomic E-state index is 0.729. The Kier molecular flexibility index (Phi) is 1.71. The minimum atomic E-state index is 0.729. The van der Waals surface area contributed by atoms with Crippen molar-refractivity contribution in [2.24, 2.45) is 0 Å². The smallest absolute Gasteiger partial charge is 0.0645 e. The van der Waals surface area contributed by atoms with Crippen LogP contribution in [0.4, 0.5) is 5.69 Å². The van der Waals surface area contributed by atoms with E-state index in [-0.39, 0.29) is 0 Å². The topological polar surface area (TPSA) is 24.9 Å². The van der Waals surface area contributed by atoms with Gasteiger partial charge in [0.1, 0.15) is 0 Å². The van der Waals surface area contributed by atoms with Gasteiger partial charge >= 0.3 is 0 Å². The summed E-state index contributed by atoms with van der Waals surface area (Å²) in [7, 11) is 1.85. The van der Waals surface area contributed by atoms with E-state index in [4.69, 9.17) is 0 Å². The summed E-state index contributed by atoms with van der Waals surface area (Å²) in [4.78, 5) is 3.97. The lowest BCUT2D eigenvalue weighted by Gasteiger charge is -1.97. The molecule has 0 bridgehead atoms. The summed E-state index contributed by atoms with van der Waals surface area (Å²) in [6, 6.07) is 1.87. The van der Waals surface area contributed by atoms with Gasteiger partial charge in [0, 0.05) is 24.2 Å². The third kappa shape index (κ3) is 1.00. The lowest BCUT2D eigenvalue weighted by molar-refractivity contribution is 1.22. The van der Waals surface area contributed by atoms with Gasteiger partial charge in [0.2, 0.25) is 0 Å². The second-order valence-corrected chi connectivity index (χ2v) is 2.03. The van der Waals surface area contributed by atoms with Gasteiger partial charge in [0.15, 0.2) is 0 Å². The maximum absolute atomic E-state index is 3.97. The first-order valence-electron chi connectivity index (χ1n) is 3.06. The second-order valence-electron chi connectivity index (χ2n) is 2.03. The monoisotopic (exact) mass is 134 g/mol. The molecule has 1 N–H and O–H groups in total. The van der Waals surface area contributed by atoms with Crippen molar-refractivity contribution in [1.82, 2.24) is 4.98 Å². The molecule has 52 valence electrons. The second kappa shape index (κ2) is 2.52. The quantitative estimate of drug-likeness (QED) is 0.582. The van der Waals surface area contributed by atoms with E-state index in [2.05, 4.69) is 23.5 Å². The molecule has 0 saturated carbocycles. The molecular formula is C8H10N2. The molecule has 1 rings (SSSR count). The summed E-state index contributed by atoms with van der Waals surface area (Å²) in [6.45, 7) is 7.52. The molecule has 2 nitrogen and oxygen atoms in total. The molecule has 0 aromatic carbocycles. The third-order valence-electron chi connectivity index (χ3n) is 1.41. The molecule has 1 heterocycles. The first-order chi connectivity index (χ1) is 4.75. The first kappa shape index (κ1) is 6.81. The molecule has 0 aliphatic carbocycles. The summed E-state index contributed by atoms with van der Waals surface area (Å²) >= 11 is 0. The Hall–Kier alpha value is -1.31. The normalized spacial score (nSPS) is 9.30. The molecule has 2 heteroatoms. The minimum Gasteiger partial charge on any atom is -0.388 e. The molecule has 0 aliphatic rings. The standard InChI is InChI=1S/C8H10N2/c1-6-7(2)10-5-4-8(6)9-3/h4-5,9H,1-2H2,3H3. The number of nitrogens with one attached hydrogen (secondary N) is 1. The zero-order valence-electron chi connectivity index (χ0n) is 6.02. The van der Waals surface area contributed by atoms with E-state index < -0.39 is 0 Å². The highest BCUT2D eigenvalue weighted by molar-refractivity contribution is 5.43. The summed E-state index contributed by atoms with van der Waals surface area (Å²) in [5.74, 6) is 0. The average molecular weight is 134 g/mol. The molecule has 0 amide bonds.